The second-order valence-corrected chi connectivity index (χ2v) is 7.17. The third-order valence-electron chi connectivity index (χ3n) is 4.32. The molecular formula is C21H26N2O2. The summed E-state index contributed by atoms with van der Waals surface area (Å²) in [4.78, 5) is 11.9. The van der Waals surface area contributed by atoms with Crippen LogP contribution in [0.1, 0.15) is 37.0 Å². The van der Waals surface area contributed by atoms with Crippen LogP contribution in [0.5, 0.6) is 5.75 Å². The maximum absolute atomic E-state index is 11.9. The topological polar surface area (TPSA) is 50.4 Å². The molecule has 0 fully saturated rings. The molecule has 2 aromatic rings. The molecule has 1 heterocycles. The Kier molecular flexibility index (Phi) is 5.39. The number of amides is 1. The van der Waals surface area contributed by atoms with E-state index in [2.05, 4.69) is 36.6 Å². The average Bonchev–Trinajstić information content (AvgIpc) is 2.91. The summed E-state index contributed by atoms with van der Waals surface area (Å²) in [6.45, 7) is 6.23. The number of carbonyl (C=O) groups is 1. The van der Waals surface area contributed by atoms with E-state index in [4.69, 9.17) is 4.74 Å². The third-order valence-corrected chi connectivity index (χ3v) is 4.32. The van der Waals surface area contributed by atoms with Gasteiger partial charge in [0.1, 0.15) is 11.4 Å². The number of nitrogens with one attached hydrogen (secondary N) is 2. The lowest BCUT2D eigenvalue weighted by Crippen LogP contribution is -2.27. The summed E-state index contributed by atoms with van der Waals surface area (Å²) in [6.07, 6.45) is 1.42. The van der Waals surface area contributed by atoms with Gasteiger partial charge < -0.3 is 15.4 Å². The fourth-order valence-electron chi connectivity index (χ4n) is 3.09. The number of hydrogen-bond acceptors (Lipinski definition) is 3. The normalized spacial score (nSPS) is 14.6. The van der Waals surface area contributed by atoms with Gasteiger partial charge in [0.2, 0.25) is 5.91 Å². The van der Waals surface area contributed by atoms with Crippen molar-refractivity contribution in [3.05, 3.63) is 65.2 Å². The Morgan fingerprint density at radius 1 is 1.08 bits per heavy atom. The number of rotatable bonds is 7. The van der Waals surface area contributed by atoms with E-state index in [0.717, 1.165) is 24.3 Å². The fraction of sp³-hybridized carbons (Fsp3) is 0.381. The molecule has 1 amide bonds. The molecule has 4 heteroatoms. The van der Waals surface area contributed by atoms with Crippen LogP contribution < -0.4 is 15.4 Å². The third kappa shape index (κ3) is 5.07. The second kappa shape index (κ2) is 7.70. The van der Waals surface area contributed by atoms with E-state index >= 15 is 0 Å². The summed E-state index contributed by atoms with van der Waals surface area (Å²) in [5.74, 6) is 1.06. The highest BCUT2D eigenvalue weighted by Crippen LogP contribution is 2.35. The molecule has 2 aromatic carbocycles. The van der Waals surface area contributed by atoms with Crippen LogP contribution in [-0.2, 0) is 24.3 Å². The summed E-state index contributed by atoms with van der Waals surface area (Å²) in [7, 11) is 0. The molecule has 0 saturated heterocycles. The molecule has 25 heavy (non-hydrogen) atoms. The second-order valence-electron chi connectivity index (χ2n) is 7.17. The first kappa shape index (κ1) is 17.5. The van der Waals surface area contributed by atoms with Crippen LogP contribution in [0.15, 0.2) is 48.5 Å². The van der Waals surface area contributed by atoms with Crippen molar-refractivity contribution in [1.29, 1.82) is 0 Å². The van der Waals surface area contributed by atoms with Gasteiger partial charge in [-0.25, -0.2) is 0 Å². The lowest BCUT2D eigenvalue weighted by Gasteiger charge is -2.16. The number of ether oxygens (including phenoxy) is 1. The molecule has 132 valence electrons. The van der Waals surface area contributed by atoms with Crippen LogP contribution >= 0.6 is 0 Å². The lowest BCUT2D eigenvalue weighted by molar-refractivity contribution is -0.121. The first-order chi connectivity index (χ1) is 12.0. The maximum Gasteiger partial charge on any atom is 0.221 e. The average molecular weight is 338 g/mol. The van der Waals surface area contributed by atoms with Gasteiger partial charge >= 0.3 is 0 Å². The van der Waals surface area contributed by atoms with E-state index < -0.39 is 0 Å². The maximum atomic E-state index is 11.9. The zero-order chi connectivity index (χ0) is 17.7. The molecule has 0 aliphatic carbocycles. The number of fused-ring (bicyclic) bond motifs is 1. The minimum absolute atomic E-state index is 0.0699. The van der Waals surface area contributed by atoms with E-state index in [1.54, 1.807) is 0 Å². The molecule has 4 nitrogen and oxygen atoms in total. The predicted octanol–water partition coefficient (Wildman–Crippen LogP) is 3.20. The van der Waals surface area contributed by atoms with Gasteiger partial charge in [-0.2, -0.15) is 0 Å². The smallest absolute Gasteiger partial charge is 0.221 e. The Balaban J connectivity index is 1.37. The molecule has 0 spiro atoms. The van der Waals surface area contributed by atoms with Crippen LogP contribution in [0.3, 0.4) is 0 Å². The van der Waals surface area contributed by atoms with Crippen molar-refractivity contribution in [2.24, 2.45) is 0 Å². The van der Waals surface area contributed by atoms with E-state index in [1.165, 1.54) is 11.1 Å². The molecule has 0 radical (unpaired) electrons. The van der Waals surface area contributed by atoms with Gasteiger partial charge in [-0.05, 0) is 36.6 Å². The first-order valence-electron chi connectivity index (χ1n) is 8.84. The monoisotopic (exact) mass is 338 g/mol. The molecule has 2 N–H and O–H groups in total. The lowest BCUT2D eigenvalue weighted by atomic mass is 10.0. The summed E-state index contributed by atoms with van der Waals surface area (Å²) < 4.78 is 5.90. The highest BCUT2D eigenvalue weighted by Gasteiger charge is 2.29. The van der Waals surface area contributed by atoms with E-state index in [-0.39, 0.29) is 11.5 Å². The summed E-state index contributed by atoms with van der Waals surface area (Å²) in [5, 5.41) is 6.29. The zero-order valence-corrected chi connectivity index (χ0v) is 15.0. The molecular weight excluding hydrogens is 312 g/mol. The quantitative estimate of drug-likeness (QED) is 0.762. The van der Waals surface area contributed by atoms with E-state index in [1.807, 2.05) is 36.4 Å². The SMILES string of the molecule is CC1(C)Cc2cc(CNCCC(=O)NCc3ccccc3)ccc2O1. The Bertz CT molecular complexity index is 726. The highest BCUT2D eigenvalue weighted by atomic mass is 16.5. The summed E-state index contributed by atoms with van der Waals surface area (Å²) in [5.41, 5.74) is 3.51. The van der Waals surface area contributed by atoms with Crippen LogP contribution in [0.4, 0.5) is 0 Å². The summed E-state index contributed by atoms with van der Waals surface area (Å²) >= 11 is 0. The molecule has 0 aromatic heterocycles. The molecule has 0 saturated carbocycles. The standard InChI is InChI=1S/C21H26N2O2/c1-21(2)13-18-12-17(8-9-19(18)25-21)14-22-11-10-20(24)23-15-16-6-4-3-5-7-16/h3-9,12,22H,10-11,13-15H2,1-2H3,(H,23,24). The number of benzene rings is 2. The van der Waals surface area contributed by atoms with E-state index in [0.29, 0.717) is 19.5 Å². The Morgan fingerprint density at radius 3 is 2.68 bits per heavy atom. The van der Waals surface area contributed by atoms with Crippen molar-refractivity contribution in [3.8, 4) is 5.75 Å². The molecule has 1 aliphatic rings. The van der Waals surface area contributed by atoms with Gasteiger partial charge in [-0.1, -0.05) is 42.5 Å². The molecule has 1 aliphatic heterocycles. The molecule has 0 bridgehead atoms. The van der Waals surface area contributed by atoms with Gasteiger partial charge in [0.05, 0.1) is 0 Å². The van der Waals surface area contributed by atoms with Crippen molar-refractivity contribution in [2.75, 3.05) is 6.54 Å². The Morgan fingerprint density at radius 2 is 1.88 bits per heavy atom. The molecule has 0 unspecified atom stereocenters. The van der Waals surface area contributed by atoms with Crippen LogP contribution in [-0.4, -0.2) is 18.1 Å². The van der Waals surface area contributed by atoms with Gasteiger partial charge in [-0.3, -0.25) is 4.79 Å². The highest BCUT2D eigenvalue weighted by molar-refractivity contribution is 5.76. The largest absolute Gasteiger partial charge is 0.487 e. The first-order valence-corrected chi connectivity index (χ1v) is 8.84. The minimum atomic E-state index is -0.106. The summed E-state index contributed by atoms with van der Waals surface area (Å²) in [6, 6.07) is 16.3. The number of carbonyl (C=O) groups excluding carboxylic acids is 1. The van der Waals surface area contributed by atoms with Crippen molar-refractivity contribution in [2.45, 2.75) is 45.4 Å². The van der Waals surface area contributed by atoms with Gasteiger partial charge in [0.15, 0.2) is 0 Å². The minimum Gasteiger partial charge on any atom is -0.487 e. The molecule has 0 atom stereocenters. The van der Waals surface area contributed by atoms with Crippen LogP contribution in [0.2, 0.25) is 0 Å². The van der Waals surface area contributed by atoms with Gasteiger partial charge in [-0.15, -0.1) is 0 Å². The Hall–Kier alpha value is -2.33. The van der Waals surface area contributed by atoms with Crippen LogP contribution in [0, 0.1) is 0 Å². The number of hydrogen-bond donors (Lipinski definition) is 2. The van der Waals surface area contributed by atoms with Gasteiger partial charge in [0.25, 0.3) is 0 Å². The van der Waals surface area contributed by atoms with Crippen molar-refractivity contribution >= 4 is 5.91 Å². The van der Waals surface area contributed by atoms with Crippen molar-refractivity contribution in [3.63, 3.8) is 0 Å². The van der Waals surface area contributed by atoms with Crippen molar-refractivity contribution < 1.29 is 9.53 Å². The Labute approximate surface area is 149 Å². The predicted molar refractivity (Wildman–Crippen MR) is 99.5 cm³/mol. The molecule has 3 rings (SSSR count). The van der Waals surface area contributed by atoms with Gasteiger partial charge in [0, 0.05) is 32.5 Å². The zero-order valence-electron chi connectivity index (χ0n) is 15.0. The van der Waals surface area contributed by atoms with Crippen molar-refractivity contribution in [1.82, 2.24) is 10.6 Å². The van der Waals surface area contributed by atoms with E-state index in [9.17, 15) is 4.79 Å². The fourth-order valence-corrected chi connectivity index (χ4v) is 3.09. The van der Waals surface area contributed by atoms with Crippen LogP contribution in [0.25, 0.3) is 0 Å².